The molecule has 1 aromatic heterocycles. The maximum absolute atomic E-state index is 11.4. The highest BCUT2D eigenvalue weighted by molar-refractivity contribution is 9.10. The summed E-state index contributed by atoms with van der Waals surface area (Å²) in [5.41, 5.74) is 0.626. The van der Waals surface area contributed by atoms with Gasteiger partial charge < -0.3 is 4.74 Å². The van der Waals surface area contributed by atoms with Crippen LogP contribution in [0.15, 0.2) is 28.1 Å². The van der Waals surface area contributed by atoms with E-state index in [4.69, 9.17) is 4.74 Å². The van der Waals surface area contributed by atoms with Crippen LogP contribution in [0.2, 0.25) is 0 Å². The molecule has 0 radical (unpaired) electrons. The number of hydrogen-bond acceptors (Lipinski definition) is 3. The Hall–Kier alpha value is -0.870. The van der Waals surface area contributed by atoms with Crippen LogP contribution in [0.1, 0.15) is 10.4 Å². The van der Waals surface area contributed by atoms with Gasteiger partial charge in [-0.25, -0.2) is 4.79 Å². The third-order valence-corrected chi connectivity index (χ3v) is 3.61. The monoisotopic (exact) mass is 270 g/mol. The van der Waals surface area contributed by atoms with E-state index in [0.29, 0.717) is 5.56 Å². The van der Waals surface area contributed by atoms with Gasteiger partial charge in [0, 0.05) is 14.6 Å². The Balaban J connectivity index is 2.72. The molecule has 0 aliphatic carbocycles. The minimum atomic E-state index is -0.287. The van der Waals surface area contributed by atoms with Gasteiger partial charge >= 0.3 is 5.97 Å². The maximum Gasteiger partial charge on any atom is 0.339 e. The summed E-state index contributed by atoms with van der Waals surface area (Å²) in [7, 11) is 1.39. The molecule has 2 aromatic rings. The second kappa shape index (κ2) is 3.71. The van der Waals surface area contributed by atoms with Crippen molar-refractivity contribution in [3.8, 4) is 0 Å². The van der Waals surface area contributed by atoms with Crippen LogP contribution in [0.4, 0.5) is 0 Å². The van der Waals surface area contributed by atoms with Crippen LogP contribution < -0.4 is 0 Å². The number of benzene rings is 1. The number of fused-ring (bicyclic) bond motifs is 1. The van der Waals surface area contributed by atoms with Crippen LogP contribution >= 0.6 is 27.3 Å². The van der Waals surface area contributed by atoms with Gasteiger partial charge in [-0.2, -0.15) is 0 Å². The molecular weight excluding hydrogens is 264 g/mol. The summed E-state index contributed by atoms with van der Waals surface area (Å²) in [6.07, 6.45) is 0. The predicted octanol–water partition coefficient (Wildman–Crippen LogP) is 3.45. The summed E-state index contributed by atoms with van der Waals surface area (Å²) in [6.45, 7) is 0. The lowest BCUT2D eigenvalue weighted by molar-refractivity contribution is 0.0603. The molecule has 0 spiro atoms. The number of esters is 1. The van der Waals surface area contributed by atoms with Crippen LogP contribution in [-0.4, -0.2) is 13.1 Å². The van der Waals surface area contributed by atoms with E-state index in [9.17, 15) is 4.79 Å². The average Bonchev–Trinajstić information content (AvgIpc) is 2.67. The van der Waals surface area contributed by atoms with Crippen molar-refractivity contribution in [3.05, 3.63) is 33.6 Å². The molecule has 72 valence electrons. The highest BCUT2D eigenvalue weighted by Crippen LogP contribution is 2.31. The Kier molecular flexibility index (Phi) is 2.56. The Labute approximate surface area is 93.6 Å². The molecule has 0 amide bonds. The van der Waals surface area contributed by atoms with Crippen LogP contribution in [0.5, 0.6) is 0 Å². The fourth-order valence-electron chi connectivity index (χ4n) is 1.30. The van der Waals surface area contributed by atoms with E-state index in [1.807, 2.05) is 17.5 Å². The molecule has 2 rings (SSSR count). The molecule has 1 heterocycles. The van der Waals surface area contributed by atoms with E-state index in [-0.39, 0.29) is 5.97 Å². The van der Waals surface area contributed by atoms with Crippen molar-refractivity contribution in [1.29, 1.82) is 0 Å². The van der Waals surface area contributed by atoms with Crippen molar-refractivity contribution >= 4 is 43.3 Å². The van der Waals surface area contributed by atoms with E-state index < -0.39 is 0 Å². The highest BCUT2D eigenvalue weighted by atomic mass is 79.9. The summed E-state index contributed by atoms with van der Waals surface area (Å²) < 4.78 is 6.67. The van der Waals surface area contributed by atoms with Crippen LogP contribution in [0, 0.1) is 0 Å². The number of thiophene rings is 1. The van der Waals surface area contributed by atoms with Gasteiger partial charge in [0.1, 0.15) is 0 Å². The normalized spacial score (nSPS) is 10.4. The summed E-state index contributed by atoms with van der Waals surface area (Å²) in [5.74, 6) is -0.287. The molecule has 0 N–H and O–H groups in total. The number of methoxy groups -OCH3 is 1. The molecular formula is C10H7BrO2S. The fourth-order valence-corrected chi connectivity index (χ4v) is 2.82. The lowest BCUT2D eigenvalue weighted by atomic mass is 10.2. The van der Waals surface area contributed by atoms with Crippen molar-refractivity contribution in [2.75, 3.05) is 7.11 Å². The zero-order valence-electron chi connectivity index (χ0n) is 7.41. The van der Waals surface area contributed by atoms with Crippen molar-refractivity contribution in [2.24, 2.45) is 0 Å². The Morgan fingerprint density at radius 3 is 2.93 bits per heavy atom. The lowest BCUT2D eigenvalue weighted by Gasteiger charge is -2.01. The first-order valence-corrected chi connectivity index (χ1v) is 5.65. The molecule has 1 aromatic carbocycles. The molecule has 0 aliphatic heterocycles. The zero-order valence-corrected chi connectivity index (χ0v) is 9.81. The third kappa shape index (κ3) is 1.44. The number of ether oxygens (including phenoxy) is 1. The minimum absolute atomic E-state index is 0.287. The van der Waals surface area contributed by atoms with Gasteiger partial charge in [0.15, 0.2) is 0 Å². The van der Waals surface area contributed by atoms with Gasteiger partial charge in [-0.1, -0.05) is 15.9 Å². The van der Waals surface area contributed by atoms with Gasteiger partial charge in [0.05, 0.1) is 12.7 Å². The Bertz CT molecular complexity index is 490. The van der Waals surface area contributed by atoms with Gasteiger partial charge in [0.25, 0.3) is 0 Å². The van der Waals surface area contributed by atoms with Crippen molar-refractivity contribution < 1.29 is 9.53 Å². The predicted molar refractivity (Wildman–Crippen MR) is 60.9 cm³/mol. The number of rotatable bonds is 1. The number of carbonyl (C=O) groups is 1. The number of carbonyl (C=O) groups excluding carboxylic acids is 1. The van der Waals surface area contributed by atoms with E-state index in [2.05, 4.69) is 15.9 Å². The van der Waals surface area contributed by atoms with E-state index >= 15 is 0 Å². The van der Waals surface area contributed by atoms with Crippen molar-refractivity contribution in [3.63, 3.8) is 0 Å². The van der Waals surface area contributed by atoms with E-state index in [0.717, 1.165) is 14.6 Å². The zero-order chi connectivity index (χ0) is 10.1. The molecule has 0 unspecified atom stereocenters. The van der Waals surface area contributed by atoms with Crippen molar-refractivity contribution in [2.45, 2.75) is 0 Å². The highest BCUT2D eigenvalue weighted by Gasteiger charge is 2.12. The molecule has 4 heteroatoms. The number of hydrogen-bond donors (Lipinski definition) is 0. The maximum atomic E-state index is 11.4. The van der Waals surface area contributed by atoms with Gasteiger partial charge in [-0.3, -0.25) is 0 Å². The standard InChI is InChI=1S/C10H7BrO2S/c1-13-10(12)7-2-3-8(11)6-4-5-14-9(6)7/h2-5H,1H3. The first-order chi connectivity index (χ1) is 6.74. The summed E-state index contributed by atoms with van der Waals surface area (Å²) in [6, 6.07) is 5.62. The molecule has 0 bridgehead atoms. The van der Waals surface area contributed by atoms with Gasteiger partial charge in [-0.15, -0.1) is 11.3 Å². The average molecular weight is 271 g/mol. The molecule has 0 saturated carbocycles. The summed E-state index contributed by atoms with van der Waals surface area (Å²) in [5, 5.41) is 3.01. The molecule has 2 nitrogen and oxygen atoms in total. The molecule has 0 fully saturated rings. The topological polar surface area (TPSA) is 26.3 Å². The quantitative estimate of drug-likeness (QED) is 0.742. The van der Waals surface area contributed by atoms with Crippen LogP contribution in [-0.2, 0) is 4.74 Å². The SMILES string of the molecule is COC(=O)c1ccc(Br)c2ccsc12. The Morgan fingerprint density at radius 2 is 2.21 bits per heavy atom. The summed E-state index contributed by atoms with van der Waals surface area (Å²) >= 11 is 4.98. The largest absolute Gasteiger partial charge is 0.465 e. The van der Waals surface area contributed by atoms with E-state index in [1.165, 1.54) is 7.11 Å². The summed E-state index contributed by atoms with van der Waals surface area (Å²) in [4.78, 5) is 11.4. The number of halogens is 1. The molecule has 0 atom stereocenters. The first kappa shape index (κ1) is 9.68. The fraction of sp³-hybridized carbons (Fsp3) is 0.100. The minimum Gasteiger partial charge on any atom is -0.465 e. The molecule has 0 aliphatic rings. The molecule has 0 saturated heterocycles. The van der Waals surface area contributed by atoms with Gasteiger partial charge in [0.2, 0.25) is 0 Å². The van der Waals surface area contributed by atoms with Crippen molar-refractivity contribution in [1.82, 2.24) is 0 Å². The second-order valence-corrected chi connectivity index (χ2v) is 4.52. The van der Waals surface area contributed by atoms with Crippen LogP contribution in [0.25, 0.3) is 10.1 Å². The van der Waals surface area contributed by atoms with E-state index in [1.54, 1.807) is 17.4 Å². The second-order valence-electron chi connectivity index (χ2n) is 2.75. The third-order valence-electron chi connectivity index (χ3n) is 1.97. The lowest BCUT2D eigenvalue weighted by Crippen LogP contribution is -2.00. The molecule has 14 heavy (non-hydrogen) atoms. The van der Waals surface area contributed by atoms with Gasteiger partial charge in [-0.05, 0) is 23.6 Å². The van der Waals surface area contributed by atoms with Crippen LogP contribution in [0.3, 0.4) is 0 Å². The first-order valence-electron chi connectivity index (χ1n) is 3.98. The smallest absolute Gasteiger partial charge is 0.339 e. The Morgan fingerprint density at radius 1 is 1.43 bits per heavy atom.